The maximum Gasteiger partial charge on any atom is 0.148 e. The van der Waals surface area contributed by atoms with Gasteiger partial charge in [-0.3, -0.25) is 0 Å². The van der Waals surface area contributed by atoms with Gasteiger partial charge in [-0.25, -0.2) is 12.8 Å². The zero-order valence-electron chi connectivity index (χ0n) is 11.2. The van der Waals surface area contributed by atoms with E-state index in [-0.39, 0.29) is 11.6 Å². The molecule has 1 aromatic carbocycles. The van der Waals surface area contributed by atoms with E-state index in [9.17, 15) is 17.9 Å². The molecule has 6 heteroatoms. The molecule has 0 aliphatic carbocycles. The lowest BCUT2D eigenvalue weighted by atomic mass is 10.1. The molecule has 1 atom stereocenters. The van der Waals surface area contributed by atoms with Crippen LogP contribution in [0.4, 0.5) is 4.39 Å². The quantitative estimate of drug-likeness (QED) is 0.820. The summed E-state index contributed by atoms with van der Waals surface area (Å²) >= 11 is 0. The van der Waals surface area contributed by atoms with Crippen molar-refractivity contribution in [2.24, 2.45) is 0 Å². The van der Waals surface area contributed by atoms with Crippen LogP contribution in [0.1, 0.15) is 18.1 Å². The summed E-state index contributed by atoms with van der Waals surface area (Å²) in [6, 6.07) is 5.73. The number of hydrogen-bond acceptors (Lipinski definition) is 4. The monoisotopic (exact) mass is 289 g/mol. The maximum absolute atomic E-state index is 12.7. The van der Waals surface area contributed by atoms with Gasteiger partial charge < -0.3 is 10.0 Å². The molecule has 1 aromatic rings. The number of nitrogens with zero attached hydrogens (tertiary/aromatic N) is 1. The molecule has 0 bridgehead atoms. The Labute approximate surface area is 113 Å². The number of halogens is 1. The zero-order valence-corrected chi connectivity index (χ0v) is 12.0. The van der Waals surface area contributed by atoms with Gasteiger partial charge in [-0.05, 0) is 31.2 Å². The van der Waals surface area contributed by atoms with Crippen molar-refractivity contribution in [2.75, 3.05) is 32.1 Å². The summed E-state index contributed by atoms with van der Waals surface area (Å²) in [7, 11) is -1.15. The average molecular weight is 289 g/mol. The van der Waals surface area contributed by atoms with E-state index in [1.54, 1.807) is 12.1 Å². The highest BCUT2D eigenvalue weighted by Gasteiger charge is 2.10. The molecule has 19 heavy (non-hydrogen) atoms. The smallest absolute Gasteiger partial charge is 0.148 e. The molecule has 0 aromatic heterocycles. The Hall–Kier alpha value is -0.980. The minimum Gasteiger partial charge on any atom is -0.388 e. The predicted octanol–water partition coefficient (Wildman–Crippen LogP) is 1.23. The molecule has 0 saturated carbocycles. The SMILES string of the molecule is CN(CCC(O)c1ccc(F)cc1)CCS(C)(=O)=O. The fourth-order valence-corrected chi connectivity index (χ4v) is 2.27. The number of aliphatic hydroxyl groups excluding tert-OH is 1. The van der Waals surface area contributed by atoms with E-state index in [2.05, 4.69) is 0 Å². The van der Waals surface area contributed by atoms with E-state index in [1.807, 2.05) is 11.9 Å². The molecule has 0 heterocycles. The third-order valence-electron chi connectivity index (χ3n) is 2.88. The number of rotatable bonds is 7. The van der Waals surface area contributed by atoms with Crippen LogP contribution in [0.3, 0.4) is 0 Å². The van der Waals surface area contributed by atoms with E-state index < -0.39 is 15.9 Å². The van der Waals surface area contributed by atoms with Crippen LogP contribution in [0, 0.1) is 5.82 Å². The normalized spacial score (nSPS) is 13.7. The molecule has 0 radical (unpaired) electrons. The highest BCUT2D eigenvalue weighted by atomic mass is 32.2. The molecule has 1 unspecified atom stereocenters. The molecule has 0 aliphatic heterocycles. The molecule has 1 N–H and O–H groups in total. The second-order valence-electron chi connectivity index (χ2n) is 4.79. The maximum atomic E-state index is 12.7. The van der Waals surface area contributed by atoms with Gasteiger partial charge in [-0.2, -0.15) is 0 Å². The summed E-state index contributed by atoms with van der Waals surface area (Å²) in [4.78, 5) is 1.85. The first-order chi connectivity index (χ1) is 8.78. The molecule has 0 saturated heterocycles. The molecule has 0 fully saturated rings. The molecule has 108 valence electrons. The van der Waals surface area contributed by atoms with E-state index in [0.717, 1.165) is 0 Å². The fraction of sp³-hybridized carbons (Fsp3) is 0.538. The lowest BCUT2D eigenvalue weighted by molar-refractivity contribution is 0.150. The van der Waals surface area contributed by atoms with Gasteiger partial charge in [0.15, 0.2) is 0 Å². The van der Waals surface area contributed by atoms with Crippen molar-refractivity contribution >= 4 is 9.84 Å². The number of hydrogen-bond donors (Lipinski definition) is 1. The Morgan fingerprint density at radius 1 is 1.26 bits per heavy atom. The van der Waals surface area contributed by atoms with Crippen LogP contribution in [0.5, 0.6) is 0 Å². The zero-order chi connectivity index (χ0) is 14.5. The minimum absolute atomic E-state index is 0.107. The molecule has 1 rings (SSSR count). The van der Waals surface area contributed by atoms with Crippen LogP contribution in [0.2, 0.25) is 0 Å². The van der Waals surface area contributed by atoms with Crippen LogP contribution in [-0.2, 0) is 9.84 Å². The molecule has 0 amide bonds. The molecule has 0 aliphatic rings. The Morgan fingerprint density at radius 2 is 1.84 bits per heavy atom. The van der Waals surface area contributed by atoms with Crippen molar-refractivity contribution in [3.8, 4) is 0 Å². The van der Waals surface area contributed by atoms with Crippen molar-refractivity contribution in [2.45, 2.75) is 12.5 Å². The Balaban J connectivity index is 2.37. The van der Waals surface area contributed by atoms with Crippen molar-refractivity contribution in [1.82, 2.24) is 4.90 Å². The Bertz CT molecular complexity index is 487. The minimum atomic E-state index is -2.96. The van der Waals surface area contributed by atoms with Crippen LogP contribution in [-0.4, -0.2) is 50.6 Å². The summed E-state index contributed by atoms with van der Waals surface area (Å²) in [5.41, 5.74) is 0.665. The number of sulfone groups is 1. The second kappa shape index (κ2) is 6.98. The Kier molecular flexibility index (Phi) is 5.90. The largest absolute Gasteiger partial charge is 0.388 e. The number of benzene rings is 1. The van der Waals surface area contributed by atoms with E-state index in [1.165, 1.54) is 18.4 Å². The first-order valence-corrected chi connectivity index (χ1v) is 8.14. The van der Waals surface area contributed by atoms with E-state index >= 15 is 0 Å². The van der Waals surface area contributed by atoms with Crippen LogP contribution < -0.4 is 0 Å². The standard InChI is InChI=1S/C13H20FNO3S/c1-15(9-10-19(2,17)18)8-7-13(16)11-3-5-12(14)6-4-11/h3-6,13,16H,7-10H2,1-2H3. The summed E-state index contributed by atoms with van der Waals surface area (Å²) in [6.45, 7) is 1.02. The summed E-state index contributed by atoms with van der Waals surface area (Å²) in [6.07, 6.45) is 1.02. The van der Waals surface area contributed by atoms with Gasteiger partial charge in [-0.1, -0.05) is 12.1 Å². The predicted molar refractivity (Wildman–Crippen MR) is 73.2 cm³/mol. The molecule has 4 nitrogen and oxygen atoms in total. The lowest BCUT2D eigenvalue weighted by Gasteiger charge is -2.18. The van der Waals surface area contributed by atoms with Gasteiger partial charge in [0.1, 0.15) is 15.7 Å². The van der Waals surface area contributed by atoms with Gasteiger partial charge in [0.25, 0.3) is 0 Å². The van der Waals surface area contributed by atoms with Crippen LogP contribution >= 0.6 is 0 Å². The van der Waals surface area contributed by atoms with Gasteiger partial charge in [0.2, 0.25) is 0 Å². The van der Waals surface area contributed by atoms with Gasteiger partial charge in [0.05, 0.1) is 11.9 Å². The molecule has 0 spiro atoms. The fourth-order valence-electron chi connectivity index (χ4n) is 1.63. The highest BCUT2D eigenvalue weighted by Crippen LogP contribution is 2.17. The van der Waals surface area contributed by atoms with Crippen LogP contribution in [0.25, 0.3) is 0 Å². The van der Waals surface area contributed by atoms with Gasteiger partial charge in [-0.15, -0.1) is 0 Å². The van der Waals surface area contributed by atoms with E-state index in [0.29, 0.717) is 25.1 Å². The lowest BCUT2D eigenvalue weighted by Crippen LogP contribution is -2.27. The highest BCUT2D eigenvalue weighted by molar-refractivity contribution is 7.90. The van der Waals surface area contributed by atoms with Crippen molar-refractivity contribution in [1.29, 1.82) is 0 Å². The van der Waals surface area contributed by atoms with Gasteiger partial charge >= 0.3 is 0 Å². The molecular weight excluding hydrogens is 269 g/mol. The Morgan fingerprint density at radius 3 is 2.37 bits per heavy atom. The van der Waals surface area contributed by atoms with Crippen molar-refractivity contribution in [3.63, 3.8) is 0 Å². The summed E-state index contributed by atoms with van der Waals surface area (Å²) < 4.78 is 34.8. The van der Waals surface area contributed by atoms with Crippen LogP contribution in [0.15, 0.2) is 24.3 Å². The third kappa shape index (κ3) is 6.66. The second-order valence-corrected chi connectivity index (χ2v) is 7.05. The van der Waals surface area contributed by atoms with Gasteiger partial charge in [0, 0.05) is 19.3 Å². The average Bonchev–Trinajstić information content (AvgIpc) is 2.33. The molecular formula is C13H20FNO3S. The third-order valence-corrected chi connectivity index (χ3v) is 3.81. The van der Waals surface area contributed by atoms with E-state index in [4.69, 9.17) is 0 Å². The first-order valence-electron chi connectivity index (χ1n) is 6.08. The summed E-state index contributed by atoms with van der Waals surface area (Å²) in [5.74, 6) is -0.225. The summed E-state index contributed by atoms with van der Waals surface area (Å²) in [5, 5.41) is 9.92. The number of aliphatic hydroxyl groups is 1. The first kappa shape index (κ1) is 16.1. The topological polar surface area (TPSA) is 57.6 Å². The van der Waals surface area contributed by atoms with Crippen molar-refractivity contribution in [3.05, 3.63) is 35.6 Å². The van der Waals surface area contributed by atoms with Crippen molar-refractivity contribution < 1.29 is 17.9 Å².